The van der Waals surface area contributed by atoms with Gasteiger partial charge in [-0.25, -0.2) is 0 Å². The van der Waals surface area contributed by atoms with Crippen LogP contribution in [0.2, 0.25) is 13.1 Å². The molecular formula is C64H93Cl2SiZr. The van der Waals surface area contributed by atoms with Crippen molar-refractivity contribution in [1.29, 1.82) is 0 Å². The number of benzene rings is 4. The Balaban J connectivity index is 1.78. The first-order valence-electron chi connectivity index (χ1n) is 26.5. The molecule has 0 spiro atoms. The van der Waals surface area contributed by atoms with Gasteiger partial charge in [-0.1, -0.05) is 0 Å². The molecule has 0 bridgehead atoms. The summed E-state index contributed by atoms with van der Waals surface area (Å²) < 4.78 is 0.00538. The van der Waals surface area contributed by atoms with Gasteiger partial charge in [0.1, 0.15) is 0 Å². The molecule has 0 aliphatic heterocycles. The van der Waals surface area contributed by atoms with Crippen LogP contribution < -0.4 is 0 Å². The van der Waals surface area contributed by atoms with Crippen LogP contribution in [0.5, 0.6) is 0 Å². The molecule has 4 atom stereocenters. The van der Waals surface area contributed by atoms with Gasteiger partial charge < -0.3 is 0 Å². The molecule has 0 aromatic heterocycles. The Kier molecular flexibility index (Phi) is 14.8. The van der Waals surface area contributed by atoms with E-state index < -0.39 is 21.5 Å². The van der Waals surface area contributed by atoms with E-state index in [1.807, 2.05) is 0 Å². The molecule has 4 unspecified atom stereocenters. The van der Waals surface area contributed by atoms with Gasteiger partial charge >= 0.3 is 430 Å². The van der Waals surface area contributed by atoms with Gasteiger partial charge in [0.05, 0.1) is 0 Å². The predicted molar refractivity (Wildman–Crippen MR) is 307 cm³/mol. The first-order chi connectivity index (χ1) is 30.8. The number of hydrogen-bond acceptors (Lipinski definition) is 0. The number of halogens is 2. The maximum atomic E-state index is 9.34. The summed E-state index contributed by atoms with van der Waals surface area (Å²) in [7, 11) is 18.7. The van der Waals surface area contributed by atoms with E-state index in [0.29, 0.717) is 11.8 Å². The van der Waals surface area contributed by atoms with Crippen LogP contribution in [-0.4, -0.2) is 5.92 Å². The Morgan fingerprint density at radius 3 is 0.956 bits per heavy atom. The van der Waals surface area contributed by atoms with E-state index in [0.717, 1.165) is 12.8 Å². The van der Waals surface area contributed by atoms with Crippen LogP contribution in [0, 0.1) is 11.8 Å². The molecule has 0 radical (unpaired) electrons. The van der Waals surface area contributed by atoms with Crippen LogP contribution in [0.25, 0.3) is 34.4 Å². The quantitative estimate of drug-likeness (QED) is 0.147. The summed E-state index contributed by atoms with van der Waals surface area (Å²) in [6.07, 6.45) is 7.35. The molecule has 0 nitrogen and oxygen atoms in total. The van der Waals surface area contributed by atoms with Gasteiger partial charge in [-0.3, -0.25) is 0 Å². The molecule has 371 valence electrons. The van der Waals surface area contributed by atoms with E-state index in [9.17, 15) is 17.0 Å². The second kappa shape index (κ2) is 18.2. The summed E-state index contributed by atoms with van der Waals surface area (Å²) in [6.45, 7) is 57.4. The van der Waals surface area contributed by atoms with E-state index in [1.54, 1.807) is 0 Å². The zero-order chi connectivity index (χ0) is 51.5. The van der Waals surface area contributed by atoms with Crippen LogP contribution in [0.3, 0.4) is 0 Å². The molecule has 4 heteroatoms. The van der Waals surface area contributed by atoms with Crippen molar-refractivity contribution < 1.29 is 15.6 Å². The van der Waals surface area contributed by atoms with Crippen molar-refractivity contribution in [2.75, 3.05) is 0 Å². The van der Waals surface area contributed by atoms with Crippen molar-refractivity contribution in [2.45, 2.75) is 218 Å². The number of allylic oxidation sites excluding steroid dienone is 2. The summed E-state index contributed by atoms with van der Waals surface area (Å²) in [5.74, 6) is -1.20. The van der Waals surface area contributed by atoms with E-state index in [-0.39, 0.29) is 39.7 Å². The summed E-state index contributed by atoms with van der Waals surface area (Å²) in [5.41, 5.74) is 21.9. The Morgan fingerprint density at radius 2 is 0.735 bits per heavy atom. The monoisotopic (exact) mass is 1050 g/mol. The first-order valence-corrected chi connectivity index (χ1v) is 42.8. The molecule has 4 aromatic rings. The molecule has 4 aromatic carbocycles. The summed E-state index contributed by atoms with van der Waals surface area (Å²) in [6, 6.07) is 25.0. The van der Waals surface area contributed by atoms with Gasteiger partial charge in [0.2, 0.25) is 0 Å². The van der Waals surface area contributed by atoms with Crippen LogP contribution >= 0.6 is 17.0 Å². The molecule has 0 saturated heterocycles. The van der Waals surface area contributed by atoms with E-state index in [4.69, 9.17) is 0 Å². The van der Waals surface area contributed by atoms with E-state index in [1.165, 1.54) is 89.0 Å². The van der Waals surface area contributed by atoms with Crippen LogP contribution in [0.1, 0.15) is 228 Å². The fraction of sp³-hybridized carbons (Fsp3) is 0.562. The molecular weight excluding hydrogens is 959 g/mol. The number of hydrogen-bond donors (Lipinski definition) is 0. The van der Waals surface area contributed by atoms with Gasteiger partial charge in [-0.15, -0.1) is 0 Å². The molecule has 0 heterocycles. The third-order valence-electron chi connectivity index (χ3n) is 16.6. The molecule has 2 aliphatic carbocycles. The molecule has 2 aliphatic rings. The minimum atomic E-state index is -5.27. The Morgan fingerprint density at radius 1 is 0.456 bits per heavy atom. The van der Waals surface area contributed by atoms with Crippen LogP contribution in [0.15, 0.2) is 71.8 Å². The normalized spacial score (nSPS) is 18.8. The van der Waals surface area contributed by atoms with E-state index in [2.05, 4.69) is 238 Å². The van der Waals surface area contributed by atoms with Crippen molar-refractivity contribution in [3.8, 4) is 22.3 Å². The van der Waals surface area contributed by atoms with Gasteiger partial charge in [-0.2, -0.15) is 0 Å². The Labute approximate surface area is 426 Å². The molecule has 68 heavy (non-hydrogen) atoms. The molecule has 0 amide bonds. The van der Waals surface area contributed by atoms with Crippen LogP contribution in [-0.2, 0) is 48.0 Å². The first kappa shape index (κ1) is 55.4. The number of rotatable bonds is 9. The fourth-order valence-electron chi connectivity index (χ4n) is 11.5. The maximum absolute atomic E-state index is 9.34. The van der Waals surface area contributed by atoms with Crippen molar-refractivity contribution in [1.82, 2.24) is 0 Å². The summed E-state index contributed by atoms with van der Waals surface area (Å²) in [5, 5.41) is 0. The van der Waals surface area contributed by atoms with Gasteiger partial charge in [-0.05, 0) is 0 Å². The van der Waals surface area contributed by atoms with Gasteiger partial charge in [0.25, 0.3) is 0 Å². The summed E-state index contributed by atoms with van der Waals surface area (Å²) >= 11 is -5.27. The van der Waals surface area contributed by atoms with Crippen LogP contribution in [0.4, 0.5) is 0 Å². The third-order valence-corrected chi connectivity index (χ3v) is 68.2. The average molecular weight is 1050 g/mol. The molecule has 6 rings (SSSR count). The molecule has 0 N–H and O–H groups in total. The third kappa shape index (κ3) is 9.94. The van der Waals surface area contributed by atoms with Gasteiger partial charge in [0, 0.05) is 0 Å². The fourth-order valence-corrected chi connectivity index (χ4v) is 42.7. The summed E-state index contributed by atoms with van der Waals surface area (Å²) in [4.78, 5) is 0. The second-order valence-corrected chi connectivity index (χ2v) is 70.7. The van der Waals surface area contributed by atoms with Gasteiger partial charge in [0.15, 0.2) is 0 Å². The second-order valence-electron chi connectivity index (χ2n) is 28.2. The van der Waals surface area contributed by atoms with E-state index >= 15 is 0 Å². The van der Waals surface area contributed by atoms with Crippen molar-refractivity contribution >= 4 is 35.1 Å². The average Bonchev–Trinajstić information content (AvgIpc) is 3.81. The minimum absolute atomic E-state index is 0.00269. The van der Waals surface area contributed by atoms with Crippen molar-refractivity contribution in [2.24, 2.45) is 11.8 Å². The molecule has 0 fully saturated rings. The zero-order valence-electron chi connectivity index (χ0n) is 47.5. The number of fused-ring (bicyclic) bond motifs is 2. The Bertz CT molecular complexity index is 2400. The standard InChI is InChI=1S/2C31H43.C2H7Si.2ClH.Zr/c2*1-12-20(2)22-15-21-13-14-27(31(9,10)11)28(26(21)18-22)23-16-24(29(3,4)5)19-25(17-23)30(6,7)8;1-3-2;;;/h2*13-20H,12H2,1-11H3;3H,1-2H3;2*1H;/q;;;;;+2/p-2. The predicted octanol–water partition coefficient (Wildman–Crippen LogP) is 20.5. The molecule has 0 saturated carbocycles. The van der Waals surface area contributed by atoms with Crippen molar-refractivity contribution in [3.05, 3.63) is 127 Å². The van der Waals surface area contributed by atoms with Crippen molar-refractivity contribution in [3.63, 3.8) is 0 Å². The topological polar surface area (TPSA) is 0 Å². The zero-order valence-corrected chi connectivity index (χ0v) is 52.6. The SMILES string of the molecule is CCC(C)C1=Cc2c(ccc(C(C)(C)C)c2-c2cc(C(C)(C)C)cc(C(C)(C)C)c2)[CH]1[Zr]([Cl])([Cl])([CH]1C(C(C)CC)=Cc2c1ccc(C(C)(C)C)c2-c1cc(C(C)(C)C)cc(C(C)(C)C)c1)[SiH](C)C. The Hall–Kier alpha value is -1.96.